The summed E-state index contributed by atoms with van der Waals surface area (Å²) in [5, 5.41) is 20.6. The fourth-order valence-electron chi connectivity index (χ4n) is 2.51. The number of fused-ring (bicyclic) bond motifs is 1. The lowest BCUT2D eigenvalue weighted by Crippen LogP contribution is -2.13. The van der Waals surface area contributed by atoms with E-state index in [1.54, 1.807) is 0 Å². The summed E-state index contributed by atoms with van der Waals surface area (Å²) in [5.41, 5.74) is 2.45. The molecule has 4 rings (SSSR count). The predicted molar refractivity (Wildman–Crippen MR) is 87.4 cm³/mol. The summed E-state index contributed by atoms with van der Waals surface area (Å²) in [4.78, 5) is 8.17. The van der Waals surface area contributed by atoms with E-state index < -0.39 is 0 Å². The van der Waals surface area contributed by atoms with Gasteiger partial charge in [0.2, 0.25) is 11.3 Å². The molecule has 0 aliphatic rings. The van der Waals surface area contributed by atoms with Crippen molar-refractivity contribution in [1.82, 2.24) is 20.3 Å². The molecule has 2 N–H and O–H groups in total. The first kappa shape index (κ1) is 14.1. The molecule has 0 fully saturated rings. The fourth-order valence-corrected chi connectivity index (χ4v) is 2.51. The third-order valence-electron chi connectivity index (χ3n) is 3.64. The summed E-state index contributed by atoms with van der Waals surface area (Å²) < 4.78 is 4.59. The van der Waals surface area contributed by atoms with E-state index in [1.807, 2.05) is 60.7 Å². The Hall–Kier alpha value is -3.48. The lowest BCUT2D eigenvalue weighted by Gasteiger charge is -2.20. The maximum absolute atomic E-state index is 10.1. The molecule has 2 aromatic heterocycles. The van der Waals surface area contributed by atoms with Crippen molar-refractivity contribution < 1.29 is 9.74 Å². The molecular weight excluding hydrogens is 306 g/mol. The van der Waals surface area contributed by atoms with Crippen LogP contribution < -0.4 is 5.32 Å². The molecule has 4 aromatic rings. The van der Waals surface area contributed by atoms with Crippen LogP contribution in [0.3, 0.4) is 0 Å². The minimum absolute atomic E-state index is 0.161. The lowest BCUT2D eigenvalue weighted by molar-refractivity contribution is 0.314. The Kier molecular flexibility index (Phi) is 3.51. The predicted octanol–water partition coefficient (Wildman–Crippen LogP) is 2.92. The molecule has 0 spiro atoms. The van der Waals surface area contributed by atoms with Gasteiger partial charge >= 0.3 is 0 Å². The zero-order valence-corrected chi connectivity index (χ0v) is 12.5. The van der Waals surface area contributed by atoms with Crippen LogP contribution in [0.2, 0.25) is 0 Å². The zero-order chi connectivity index (χ0) is 16.4. The Labute approximate surface area is 137 Å². The Bertz CT molecular complexity index is 917. The second kappa shape index (κ2) is 5.96. The van der Waals surface area contributed by atoms with Crippen molar-refractivity contribution in [1.29, 1.82) is 0 Å². The summed E-state index contributed by atoms with van der Waals surface area (Å²) in [6.07, 6.45) is 0. The highest BCUT2D eigenvalue weighted by molar-refractivity contribution is 5.68. The Morgan fingerprint density at radius 2 is 1.33 bits per heavy atom. The van der Waals surface area contributed by atoms with Crippen LogP contribution in [0.15, 0.2) is 65.3 Å². The number of aromatic hydroxyl groups is 1. The number of nitrogens with one attached hydrogen (secondary N) is 1. The van der Waals surface area contributed by atoms with Crippen molar-refractivity contribution >= 4 is 17.1 Å². The first-order valence-corrected chi connectivity index (χ1v) is 7.37. The highest BCUT2D eigenvalue weighted by Crippen LogP contribution is 2.29. The number of hydrogen-bond donors (Lipinski definition) is 2. The van der Waals surface area contributed by atoms with Gasteiger partial charge in [0.05, 0.1) is 6.04 Å². The Morgan fingerprint density at radius 1 is 0.792 bits per heavy atom. The molecule has 2 heterocycles. The molecule has 24 heavy (non-hydrogen) atoms. The molecule has 0 saturated carbocycles. The number of benzene rings is 2. The first-order valence-electron chi connectivity index (χ1n) is 7.37. The van der Waals surface area contributed by atoms with Gasteiger partial charge in [-0.2, -0.15) is 9.97 Å². The second-order valence-corrected chi connectivity index (χ2v) is 5.21. The van der Waals surface area contributed by atoms with E-state index in [1.165, 1.54) is 0 Å². The van der Waals surface area contributed by atoms with Gasteiger partial charge in [-0.05, 0) is 21.4 Å². The zero-order valence-electron chi connectivity index (χ0n) is 12.5. The van der Waals surface area contributed by atoms with Crippen LogP contribution in [-0.4, -0.2) is 25.4 Å². The van der Waals surface area contributed by atoms with Gasteiger partial charge < -0.3 is 10.4 Å². The standard InChI is InChI=1S/C17H13N5O2/c23-17-16(19-14-15(20-17)22-24-21-14)18-13(11-7-3-1-4-8-11)12-9-5-2-6-10-12/h1-10,13H,(H,18,19,21)(H,20,22,23). The Balaban J connectivity index is 1.77. The van der Waals surface area contributed by atoms with Gasteiger partial charge in [-0.3, -0.25) is 0 Å². The maximum Gasteiger partial charge on any atom is 0.257 e. The highest BCUT2D eigenvalue weighted by atomic mass is 16.6. The molecule has 0 saturated heterocycles. The number of aromatic nitrogens is 4. The summed E-state index contributed by atoms with van der Waals surface area (Å²) in [7, 11) is 0. The lowest BCUT2D eigenvalue weighted by atomic mass is 9.99. The fraction of sp³-hybridized carbons (Fsp3) is 0.0588. The Morgan fingerprint density at radius 3 is 1.92 bits per heavy atom. The highest BCUT2D eigenvalue weighted by Gasteiger charge is 2.18. The van der Waals surface area contributed by atoms with E-state index in [9.17, 15) is 5.11 Å². The normalized spacial score (nSPS) is 11.0. The van der Waals surface area contributed by atoms with Gasteiger partial charge in [0.25, 0.3) is 5.88 Å². The molecule has 0 aliphatic carbocycles. The average Bonchev–Trinajstić information content (AvgIpc) is 3.08. The molecule has 0 bridgehead atoms. The number of hydrogen-bond acceptors (Lipinski definition) is 7. The van der Waals surface area contributed by atoms with Gasteiger partial charge in [-0.25, -0.2) is 4.63 Å². The molecule has 7 heteroatoms. The monoisotopic (exact) mass is 319 g/mol. The van der Waals surface area contributed by atoms with Crippen molar-refractivity contribution in [3.63, 3.8) is 0 Å². The van der Waals surface area contributed by atoms with Crippen LogP contribution in [0.4, 0.5) is 5.82 Å². The van der Waals surface area contributed by atoms with Crippen LogP contribution in [0.1, 0.15) is 17.2 Å². The van der Waals surface area contributed by atoms with Gasteiger partial charge in [0.15, 0.2) is 5.82 Å². The van der Waals surface area contributed by atoms with Gasteiger partial charge in [-0.1, -0.05) is 60.7 Å². The molecule has 0 aliphatic heterocycles. The molecule has 0 atom stereocenters. The third-order valence-corrected chi connectivity index (χ3v) is 3.64. The molecule has 0 radical (unpaired) electrons. The van der Waals surface area contributed by atoms with Crippen molar-refractivity contribution in [2.24, 2.45) is 0 Å². The number of nitrogens with zero attached hydrogens (tertiary/aromatic N) is 4. The topological polar surface area (TPSA) is 97.0 Å². The first-order chi connectivity index (χ1) is 11.8. The second-order valence-electron chi connectivity index (χ2n) is 5.21. The third kappa shape index (κ3) is 2.63. The van der Waals surface area contributed by atoms with Crippen LogP contribution in [-0.2, 0) is 0 Å². The quantitative estimate of drug-likeness (QED) is 0.597. The van der Waals surface area contributed by atoms with Crippen molar-refractivity contribution in [2.45, 2.75) is 6.04 Å². The van der Waals surface area contributed by atoms with Crippen LogP contribution in [0.25, 0.3) is 11.3 Å². The van der Waals surface area contributed by atoms with Crippen LogP contribution >= 0.6 is 0 Å². The molecule has 2 aromatic carbocycles. The van der Waals surface area contributed by atoms with Crippen molar-refractivity contribution in [3.05, 3.63) is 71.8 Å². The molecule has 118 valence electrons. The summed E-state index contributed by atoms with van der Waals surface area (Å²) in [6, 6.07) is 19.6. The van der Waals surface area contributed by atoms with E-state index in [0.29, 0.717) is 0 Å². The molecule has 0 unspecified atom stereocenters. The van der Waals surface area contributed by atoms with Crippen molar-refractivity contribution in [3.8, 4) is 5.88 Å². The molecule has 0 amide bonds. The van der Waals surface area contributed by atoms with Gasteiger partial charge in [0, 0.05) is 0 Å². The minimum Gasteiger partial charge on any atom is -0.491 e. The van der Waals surface area contributed by atoms with Gasteiger partial charge in [0.1, 0.15) is 0 Å². The van der Waals surface area contributed by atoms with E-state index >= 15 is 0 Å². The number of rotatable bonds is 4. The maximum atomic E-state index is 10.1. The summed E-state index contributed by atoms with van der Waals surface area (Å²) in [5.74, 6) is -0.0361. The van der Waals surface area contributed by atoms with E-state index in [0.717, 1.165) is 11.1 Å². The van der Waals surface area contributed by atoms with E-state index in [-0.39, 0.29) is 29.0 Å². The van der Waals surface area contributed by atoms with Gasteiger partial charge in [-0.15, -0.1) is 0 Å². The largest absolute Gasteiger partial charge is 0.491 e. The smallest absolute Gasteiger partial charge is 0.257 e. The van der Waals surface area contributed by atoms with E-state index in [2.05, 4.69) is 30.2 Å². The summed E-state index contributed by atoms with van der Waals surface area (Å²) in [6.45, 7) is 0. The molecule has 7 nitrogen and oxygen atoms in total. The summed E-state index contributed by atoms with van der Waals surface area (Å²) >= 11 is 0. The van der Waals surface area contributed by atoms with Crippen LogP contribution in [0, 0.1) is 0 Å². The number of anilines is 1. The average molecular weight is 319 g/mol. The van der Waals surface area contributed by atoms with E-state index in [4.69, 9.17) is 0 Å². The van der Waals surface area contributed by atoms with Crippen LogP contribution in [0.5, 0.6) is 5.88 Å². The minimum atomic E-state index is -0.255. The van der Waals surface area contributed by atoms with Crippen molar-refractivity contribution in [2.75, 3.05) is 5.32 Å². The SMILES string of the molecule is Oc1nc2nonc2nc1NC(c1ccccc1)c1ccccc1. The molecular formula is C17H13N5O2.